The number of carbonyl (C=O) groups is 1. The van der Waals surface area contributed by atoms with E-state index in [4.69, 9.17) is 10.00 Å². The Hall–Kier alpha value is -1.48. The van der Waals surface area contributed by atoms with Crippen LogP contribution >= 0.6 is 15.9 Å². The quantitative estimate of drug-likeness (QED) is 0.627. The Morgan fingerprint density at radius 1 is 1.53 bits per heavy atom. The van der Waals surface area contributed by atoms with Crippen LogP contribution in [0.4, 0.5) is 8.78 Å². The van der Waals surface area contributed by atoms with Gasteiger partial charge in [-0.1, -0.05) is 0 Å². The van der Waals surface area contributed by atoms with Crippen molar-refractivity contribution < 1.29 is 18.3 Å². The molecule has 0 saturated carbocycles. The van der Waals surface area contributed by atoms with Gasteiger partial charge in [-0.2, -0.15) is 5.26 Å². The second-order valence-electron chi connectivity index (χ2n) is 4.16. The molecule has 0 aromatic heterocycles. The first kappa shape index (κ1) is 15.6. The topological polar surface area (TPSA) is 50.1 Å². The molecule has 0 fully saturated rings. The van der Waals surface area contributed by atoms with Crippen molar-refractivity contribution in [2.45, 2.75) is 20.3 Å². The highest BCUT2D eigenvalue weighted by atomic mass is 79.9. The molecule has 0 heterocycles. The van der Waals surface area contributed by atoms with Crippen molar-refractivity contribution in [3.8, 4) is 6.07 Å². The van der Waals surface area contributed by atoms with Crippen molar-refractivity contribution in [3.05, 3.63) is 33.8 Å². The zero-order valence-corrected chi connectivity index (χ0v) is 12.1. The molecule has 3 nitrogen and oxygen atoms in total. The number of carbonyl (C=O) groups excluding carboxylic acids is 1. The largest absolute Gasteiger partial charge is 0.465 e. The van der Waals surface area contributed by atoms with E-state index in [1.165, 1.54) is 13.0 Å². The summed E-state index contributed by atoms with van der Waals surface area (Å²) in [5.74, 6) is -2.41. The van der Waals surface area contributed by atoms with Gasteiger partial charge in [0.1, 0.15) is 11.6 Å². The van der Waals surface area contributed by atoms with Crippen molar-refractivity contribution in [3.63, 3.8) is 0 Å². The van der Waals surface area contributed by atoms with E-state index in [0.29, 0.717) is 0 Å². The van der Waals surface area contributed by atoms with Crippen molar-refractivity contribution in [1.29, 1.82) is 5.26 Å². The van der Waals surface area contributed by atoms with Gasteiger partial charge in [0, 0.05) is 12.0 Å². The highest BCUT2D eigenvalue weighted by Gasteiger charge is 2.37. The number of benzene rings is 1. The van der Waals surface area contributed by atoms with Crippen LogP contribution in [0.25, 0.3) is 0 Å². The van der Waals surface area contributed by atoms with Crippen LogP contribution in [0.5, 0.6) is 0 Å². The number of halogens is 3. The van der Waals surface area contributed by atoms with E-state index in [2.05, 4.69) is 15.9 Å². The molecule has 1 aromatic carbocycles. The number of nitriles is 1. The van der Waals surface area contributed by atoms with E-state index in [9.17, 15) is 13.6 Å². The molecule has 0 amide bonds. The van der Waals surface area contributed by atoms with E-state index < -0.39 is 23.0 Å². The lowest BCUT2D eigenvalue weighted by molar-refractivity contribution is -0.151. The molecular weight excluding hydrogens is 320 g/mol. The number of esters is 1. The minimum absolute atomic E-state index is 0.0769. The Bertz CT molecular complexity index is 542. The monoisotopic (exact) mass is 331 g/mol. The smallest absolute Gasteiger partial charge is 0.326 e. The maximum atomic E-state index is 13.8. The second kappa shape index (κ2) is 6.11. The molecule has 19 heavy (non-hydrogen) atoms. The Morgan fingerprint density at radius 2 is 2.16 bits per heavy atom. The lowest BCUT2D eigenvalue weighted by Crippen LogP contribution is -2.31. The minimum atomic E-state index is -1.63. The molecule has 0 radical (unpaired) electrons. The fourth-order valence-corrected chi connectivity index (χ4v) is 1.90. The fraction of sp³-hybridized carbons (Fsp3) is 0.385. The third-order valence-electron chi connectivity index (χ3n) is 2.64. The molecule has 1 unspecified atom stereocenters. The number of hydrogen-bond acceptors (Lipinski definition) is 3. The second-order valence-corrected chi connectivity index (χ2v) is 5.02. The first-order valence-corrected chi connectivity index (χ1v) is 6.36. The fourth-order valence-electron chi connectivity index (χ4n) is 1.53. The molecule has 1 atom stereocenters. The SMILES string of the molecule is CCOC(=O)C(C)(C#N)Cc1c(F)ccc(Br)c1F. The van der Waals surface area contributed by atoms with Crippen molar-refractivity contribution in [1.82, 2.24) is 0 Å². The van der Waals surface area contributed by atoms with Crippen molar-refractivity contribution >= 4 is 21.9 Å². The first-order valence-electron chi connectivity index (χ1n) is 5.56. The summed E-state index contributed by atoms with van der Waals surface area (Å²) in [4.78, 5) is 11.7. The number of nitrogens with zero attached hydrogens (tertiary/aromatic N) is 1. The van der Waals surface area contributed by atoms with Gasteiger partial charge in [0.2, 0.25) is 0 Å². The average Bonchev–Trinajstić information content (AvgIpc) is 2.39. The zero-order chi connectivity index (χ0) is 14.6. The molecule has 0 bridgehead atoms. The van der Waals surface area contributed by atoms with E-state index in [1.807, 2.05) is 0 Å². The summed E-state index contributed by atoms with van der Waals surface area (Å²) in [6.07, 6.45) is -0.389. The van der Waals surface area contributed by atoms with Gasteiger partial charge in [-0.25, -0.2) is 8.78 Å². The van der Waals surface area contributed by atoms with Gasteiger partial charge in [0.05, 0.1) is 17.1 Å². The molecular formula is C13H12BrF2NO2. The summed E-state index contributed by atoms with van der Waals surface area (Å²) in [6.45, 7) is 2.99. The van der Waals surface area contributed by atoms with Crippen LogP contribution in [0.2, 0.25) is 0 Å². The molecule has 0 saturated heterocycles. The van der Waals surface area contributed by atoms with Crippen LogP contribution in [-0.4, -0.2) is 12.6 Å². The summed E-state index contributed by atoms with van der Waals surface area (Å²) in [6, 6.07) is 4.06. The van der Waals surface area contributed by atoms with Gasteiger partial charge in [-0.15, -0.1) is 0 Å². The summed E-state index contributed by atoms with van der Waals surface area (Å²) in [7, 11) is 0. The van der Waals surface area contributed by atoms with Crippen LogP contribution in [0.15, 0.2) is 16.6 Å². The lowest BCUT2D eigenvalue weighted by Gasteiger charge is -2.20. The molecule has 0 aliphatic carbocycles. The molecule has 1 aromatic rings. The maximum Gasteiger partial charge on any atom is 0.326 e. The normalized spacial score (nSPS) is 13.5. The third-order valence-corrected chi connectivity index (χ3v) is 3.25. The molecule has 0 aliphatic heterocycles. The summed E-state index contributed by atoms with van der Waals surface area (Å²) < 4.78 is 32.3. The highest BCUT2D eigenvalue weighted by Crippen LogP contribution is 2.29. The van der Waals surface area contributed by atoms with Gasteiger partial charge in [-0.05, 0) is 41.9 Å². The number of hydrogen-bond donors (Lipinski definition) is 0. The summed E-state index contributed by atoms with van der Waals surface area (Å²) >= 11 is 2.94. The molecule has 0 aliphatic rings. The molecule has 102 valence electrons. The summed E-state index contributed by atoms with van der Waals surface area (Å²) in [5.41, 5.74) is -1.94. The Labute approximate surface area is 118 Å². The maximum absolute atomic E-state index is 13.8. The predicted molar refractivity (Wildman–Crippen MR) is 68.1 cm³/mol. The van der Waals surface area contributed by atoms with Crippen molar-refractivity contribution in [2.75, 3.05) is 6.61 Å². The zero-order valence-electron chi connectivity index (χ0n) is 10.5. The van der Waals surface area contributed by atoms with Crippen LogP contribution in [0.1, 0.15) is 19.4 Å². The summed E-state index contributed by atoms with van der Waals surface area (Å²) in [5, 5.41) is 9.09. The van der Waals surface area contributed by atoms with Crippen LogP contribution < -0.4 is 0 Å². The Balaban J connectivity index is 3.17. The third kappa shape index (κ3) is 3.29. The molecule has 0 N–H and O–H groups in total. The molecule has 0 spiro atoms. The van der Waals surface area contributed by atoms with E-state index in [0.717, 1.165) is 6.07 Å². The Kier molecular flexibility index (Phi) is 5.01. The lowest BCUT2D eigenvalue weighted by atomic mass is 9.85. The van der Waals surface area contributed by atoms with E-state index in [1.54, 1.807) is 13.0 Å². The van der Waals surface area contributed by atoms with E-state index in [-0.39, 0.29) is 23.1 Å². The minimum Gasteiger partial charge on any atom is -0.465 e. The number of ether oxygens (including phenoxy) is 1. The van der Waals surface area contributed by atoms with Crippen LogP contribution in [-0.2, 0) is 16.0 Å². The predicted octanol–water partition coefficient (Wildman–Crippen LogP) is 3.36. The van der Waals surface area contributed by atoms with Gasteiger partial charge in [-0.3, -0.25) is 4.79 Å². The number of rotatable bonds is 4. The highest BCUT2D eigenvalue weighted by molar-refractivity contribution is 9.10. The molecule has 1 rings (SSSR count). The van der Waals surface area contributed by atoms with Crippen molar-refractivity contribution in [2.24, 2.45) is 5.41 Å². The average molecular weight is 332 g/mol. The van der Waals surface area contributed by atoms with Gasteiger partial charge in [0.15, 0.2) is 5.41 Å². The van der Waals surface area contributed by atoms with Crippen LogP contribution in [0.3, 0.4) is 0 Å². The van der Waals surface area contributed by atoms with Gasteiger partial charge >= 0.3 is 5.97 Å². The molecule has 6 heteroatoms. The Morgan fingerprint density at radius 3 is 2.68 bits per heavy atom. The standard InChI is InChI=1S/C13H12BrF2NO2/c1-3-19-12(18)13(2,7-17)6-8-10(15)5-4-9(14)11(8)16/h4-5H,3,6H2,1-2H3. The van der Waals surface area contributed by atoms with Gasteiger partial charge < -0.3 is 4.74 Å². The van der Waals surface area contributed by atoms with Crippen LogP contribution in [0, 0.1) is 28.4 Å². The first-order chi connectivity index (χ1) is 8.85. The van der Waals surface area contributed by atoms with E-state index >= 15 is 0 Å². The van der Waals surface area contributed by atoms with Gasteiger partial charge in [0.25, 0.3) is 0 Å².